The average Bonchev–Trinajstić information content (AvgIpc) is 2.96. The fraction of sp³-hybridized carbons (Fsp3) is 0.278. The third-order valence-electron chi connectivity index (χ3n) is 4.04. The number of benzene rings is 1. The highest BCUT2D eigenvalue weighted by atomic mass is 16.5. The number of carbonyl (C=O) groups is 2. The van der Waals surface area contributed by atoms with Gasteiger partial charge in [0, 0.05) is 19.4 Å². The van der Waals surface area contributed by atoms with Gasteiger partial charge in [-0.3, -0.25) is 14.3 Å². The van der Waals surface area contributed by atoms with Crippen LogP contribution in [-0.2, 0) is 23.1 Å². The van der Waals surface area contributed by atoms with Crippen molar-refractivity contribution in [2.75, 3.05) is 26.1 Å². The molecule has 8 heteroatoms. The Morgan fingerprint density at radius 2 is 2.00 bits per heavy atom. The molecule has 0 atom stereocenters. The first-order valence-electron chi connectivity index (χ1n) is 8.01. The van der Waals surface area contributed by atoms with Crippen LogP contribution in [-0.4, -0.2) is 47.3 Å². The molecule has 0 radical (unpaired) electrons. The molecule has 1 aliphatic heterocycles. The van der Waals surface area contributed by atoms with Gasteiger partial charge in [-0.05, 0) is 29.3 Å². The second-order valence-corrected chi connectivity index (χ2v) is 5.87. The molecule has 26 heavy (non-hydrogen) atoms. The van der Waals surface area contributed by atoms with Crippen molar-refractivity contribution in [1.29, 1.82) is 0 Å². The first-order valence-corrected chi connectivity index (χ1v) is 8.01. The van der Waals surface area contributed by atoms with Gasteiger partial charge in [0.25, 0.3) is 0 Å². The van der Waals surface area contributed by atoms with Crippen LogP contribution in [0.5, 0.6) is 11.5 Å². The Balaban J connectivity index is 1.75. The van der Waals surface area contributed by atoms with Crippen LogP contribution in [0.15, 0.2) is 30.7 Å². The molecule has 2 aromatic rings. The highest BCUT2D eigenvalue weighted by Gasteiger charge is 2.21. The smallest absolute Gasteiger partial charge is 0.244 e. The topological polar surface area (TPSA) is 85.7 Å². The molecule has 8 nitrogen and oxygen atoms in total. The molecule has 1 aromatic heterocycles. The van der Waals surface area contributed by atoms with Gasteiger partial charge in [-0.2, -0.15) is 5.10 Å². The molecule has 1 N–H and O–H groups in total. The summed E-state index contributed by atoms with van der Waals surface area (Å²) in [5.41, 5.74) is 2.26. The van der Waals surface area contributed by atoms with Crippen LogP contribution in [0.25, 0.3) is 6.08 Å². The van der Waals surface area contributed by atoms with E-state index in [4.69, 9.17) is 9.47 Å². The summed E-state index contributed by atoms with van der Waals surface area (Å²) in [5.74, 6) is 0.687. The summed E-state index contributed by atoms with van der Waals surface area (Å²) in [6.07, 6.45) is 6.81. The van der Waals surface area contributed by atoms with E-state index in [1.165, 1.54) is 4.90 Å². The van der Waals surface area contributed by atoms with E-state index >= 15 is 0 Å². The second-order valence-electron chi connectivity index (χ2n) is 5.87. The Bertz CT molecular complexity index is 872. The lowest BCUT2D eigenvalue weighted by molar-refractivity contribution is -0.131. The zero-order valence-electron chi connectivity index (χ0n) is 14.9. The maximum absolute atomic E-state index is 12.5. The number of carbonyl (C=O) groups excluding carboxylic acids is 2. The Hall–Kier alpha value is -3.29. The molecule has 1 aromatic carbocycles. The van der Waals surface area contributed by atoms with Gasteiger partial charge in [-0.15, -0.1) is 0 Å². The van der Waals surface area contributed by atoms with Crippen molar-refractivity contribution in [2.24, 2.45) is 7.05 Å². The third kappa shape index (κ3) is 3.69. The van der Waals surface area contributed by atoms with Crippen LogP contribution in [0.1, 0.15) is 11.1 Å². The highest BCUT2D eigenvalue weighted by Crippen LogP contribution is 2.32. The summed E-state index contributed by atoms with van der Waals surface area (Å²) >= 11 is 0. The number of hydrogen-bond donors (Lipinski definition) is 1. The first-order chi connectivity index (χ1) is 12.5. The number of anilines is 1. The van der Waals surface area contributed by atoms with Gasteiger partial charge in [-0.1, -0.05) is 0 Å². The first kappa shape index (κ1) is 17.5. The van der Waals surface area contributed by atoms with Gasteiger partial charge in [0.2, 0.25) is 11.8 Å². The monoisotopic (exact) mass is 356 g/mol. The minimum Gasteiger partial charge on any atom is -0.493 e. The van der Waals surface area contributed by atoms with E-state index in [9.17, 15) is 9.59 Å². The van der Waals surface area contributed by atoms with Crippen LogP contribution < -0.4 is 14.8 Å². The minimum absolute atomic E-state index is 0.0769. The lowest BCUT2D eigenvalue weighted by Gasteiger charge is -2.16. The largest absolute Gasteiger partial charge is 0.493 e. The number of aryl methyl sites for hydroxylation is 1. The van der Waals surface area contributed by atoms with Crippen LogP contribution in [0, 0.1) is 0 Å². The lowest BCUT2D eigenvalue weighted by Crippen LogP contribution is -2.34. The fourth-order valence-electron chi connectivity index (χ4n) is 2.74. The number of methoxy groups -OCH3 is 2. The SMILES string of the molecule is COc1cc2c(cc1OC)CC(=O)N(CC(=O)Nc1cnn(C)c1)C=C2. The maximum atomic E-state index is 12.5. The standard InChI is InChI=1S/C18H20N4O4/c1-21-10-14(9-19-21)20-17(23)11-22-5-4-12-6-15(25-2)16(26-3)7-13(12)8-18(22)24/h4-7,9-10H,8,11H2,1-3H3,(H,20,23). The van der Waals surface area contributed by atoms with E-state index < -0.39 is 0 Å². The van der Waals surface area contributed by atoms with Gasteiger partial charge >= 0.3 is 0 Å². The molecule has 0 saturated heterocycles. The van der Waals surface area contributed by atoms with Crippen LogP contribution in [0.4, 0.5) is 5.69 Å². The molecule has 0 saturated carbocycles. The number of nitrogens with one attached hydrogen (secondary N) is 1. The van der Waals surface area contributed by atoms with E-state index in [0.29, 0.717) is 17.2 Å². The van der Waals surface area contributed by atoms with Crippen molar-refractivity contribution in [3.8, 4) is 11.5 Å². The summed E-state index contributed by atoms with van der Waals surface area (Å²) in [7, 11) is 4.87. The molecule has 136 valence electrons. The Kier molecular flexibility index (Phi) is 4.92. The molecule has 0 bridgehead atoms. The molecule has 0 unspecified atom stereocenters. The van der Waals surface area contributed by atoms with Gasteiger partial charge in [0.1, 0.15) is 6.54 Å². The molecule has 2 heterocycles. The number of rotatable bonds is 5. The van der Waals surface area contributed by atoms with Gasteiger partial charge in [-0.25, -0.2) is 0 Å². The molecule has 3 rings (SSSR count). The fourth-order valence-corrected chi connectivity index (χ4v) is 2.74. The lowest BCUT2D eigenvalue weighted by atomic mass is 10.0. The molecule has 0 aliphatic carbocycles. The molecule has 1 aliphatic rings. The predicted molar refractivity (Wildman–Crippen MR) is 95.8 cm³/mol. The number of amides is 2. The molecule has 0 fully saturated rings. The molecular formula is C18H20N4O4. The van der Waals surface area contributed by atoms with Crippen molar-refractivity contribution in [2.45, 2.75) is 6.42 Å². The number of hydrogen-bond acceptors (Lipinski definition) is 5. The second kappa shape index (κ2) is 7.30. The van der Waals surface area contributed by atoms with E-state index in [-0.39, 0.29) is 24.8 Å². The highest BCUT2D eigenvalue weighted by molar-refractivity contribution is 5.95. The molecular weight excluding hydrogens is 336 g/mol. The number of aromatic nitrogens is 2. The zero-order chi connectivity index (χ0) is 18.7. The van der Waals surface area contributed by atoms with Crippen molar-refractivity contribution < 1.29 is 19.1 Å². The number of ether oxygens (including phenoxy) is 2. The molecule has 2 amide bonds. The normalized spacial score (nSPS) is 13.2. The molecule has 0 spiro atoms. The summed E-state index contributed by atoms with van der Waals surface area (Å²) in [6, 6.07) is 3.60. The van der Waals surface area contributed by atoms with E-state index in [1.54, 1.807) is 56.7 Å². The van der Waals surface area contributed by atoms with E-state index in [2.05, 4.69) is 10.4 Å². The zero-order valence-corrected chi connectivity index (χ0v) is 14.9. The maximum Gasteiger partial charge on any atom is 0.244 e. The van der Waals surface area contributed by atoms with Crippen LogP contribution in [0.2, 0.25) is 0 Å². The summed E-state index contributed by atoms with van der Waals surface area (Å²) in [6.45, 7) is -0.0769. The Morgan fingerprint density at radius 1 is 1.27 bits per heavy atom. The number of fused-ring (bicyclic) bond motifs is 1. The third-order valence-corrected chi connectivity index (χ3v) is 4.04. The Labute approximate surface area is 151 Å². The summed E-state index contributed by atoms with van der Waals surface area (Å²) in [5, 5.41) is 6.71. The summed E-state index contributed by atoms with van der Waals surface area (Å²) in [4.78, 5) is 26.1. The van der Waals surface area contributed by atoms with E-state index in [0.717, 1.165) is 11.1 Å². The van der Waals surface area contributed by atoms with Crippen molar-refractivity contribution >= 4 is 23.6 Å². The van der Waals surface area contributed by atoms with Crippen molar-refractivity contribution in [3.05, 3.63) is 41.9 Å². The quantitative estimate of drug-likeness (QED) is 0.876. The Morgan fingerprint density at radius 3 is 2.65 bits per heavy atom. The van der Waals surface area contributed by atoms with Gasteiger partial charge in [0.05, 0.1) is 32.5 Å². The van der Waals surface area contributed by atoms with Crippen LogP contribution >= 0.6 is 0 Å². The number of nitrogens with zero attached hydrogens (tertiary/aromatic N) is 3. The summed E-state index contributed by atoms with van der Waals surface area (Å²) < 4.78 is 12.2. The van der Waals surface area contributed by atoms with Gasteiger partial charge < -0.3 is 19.7 Å². The van der Waals surface area contributed by atoms with E-state index in [1.807, 2.05) is 6.07 Å². The van der Waals surface area contributed by atoms with Crippen molar-refractivity contribution in [3.63, 3.8) is 0 Å². The average molecular weight is 356 g/mol. The van der Waals surface area contributed by atoms with Crippen LogP contribution in [0.3, 0.4) is 0 Å². The predicted octanol–water partition coefficient (Wildman–Crippen LogP) is 1.43. The van der Waals surface area contributed by atoms with Crippen molar-refractivity contribution in [1.82, 2.24) is 14.7 Å². The van der Waals surface area contributed by atoms with Gasteiger partial charge in [0.15, 0.2) is 11.5 Å². The minimum atomic E-state index is -0.294.